The van der Waals surface area contributed by atoms with E-state index in [1.165, 1.54) is 0 Å². The van der Waals surface area contributed by atoms with Gasteiger partial charge >= 0.3 is 0 Å². The quantitative estimate of drug-likeness (QED) is 0.814. The van der Waals surface area contributed by atoms with E-state index in [0.29, 0.717) is 13.0 Å². The first-order valence-electron chi connectivity index (χ1n) is 6.36. The number of carbonyl (C=O) groups excluding carboxylic acids is 1. The SMILES string of the molecule is O=C(N[C@H](CO)Cc1ccccc1)[C@H]1CCCO1. The lowest BCUT2D eigenvalue weighted by Gasteiger charge is -2.18. The zero-order chi connectivity index (χ0) is 12.8. The Balaban J connectivity index is 1.87. The number of nitrogens with one attached hydrogen (secondary N) is 1. The van der Waals surface area contributed by atoms with Gasteiger partial charge in [0.25, 0.3) is 0 Å². The van der Waals surface area contributed by atoms with Gasteiger partial charge in [-0.15, -0.1) is 0 Å². The Bertz CT molecular complexity index is 374. The van der Waals surface area contributed by atoms with Crippen LogP contribution < -0.4 is 5.32 Å². The van der Waals surface area contributed by atoms with Crippen LogP contribution in [-0.2, 0) is 16.0 Å². The largest absolute Gasteiger partial charge is 0.394 e. The van der Waals surface area contributed by atoms with Gasteiger partial charge in [0.2, 0.25) is 5.91 Å². The third-order valence-corrected chi connectivity index (χ3v) is 3.11. The minimum Gasteiger partial charge on any atom is -0.394 e. The van der Waals surface area contributed by atoms with Crippen molar-refractivity contribution in [3.05, 3.63) is 35.9 Å². The molecule has 0 aliphatic carbocycles. The molecule has 0 bridgehead atoms. The lowest BCUT2D eigenvalue weighted by atomic mass is 10.1. The van der Waals surface area contributed by atoms with E-state index < -0.39 is 0 Å². The molecule has 4 nitrogen and oxygen atoms in total. The van der Waals surface area contributed by atoms with Crippen molar-refractivity contribution in [3.63, 3.8) is 0 Å². The molecule has 98 valence electrons. The summed E-state index contributed by atoms with van der Waals surface area (Å²) >= 11 is 0. The number of ether oxygens (including phenoxy) is 1. The maximum atomic E-state index is 11.9. The van der Waals surface area contributed by atoms with Crippen LogP contribution in [0.25, 0.3) is 0 Å². The zero-order valence-corrected chi connectivity index (χ0v) is 10.3. The molecule has 0 aromatic heterocycles. The van der Waals surface area contributed by atoms with E-state index in [1.807, 2.05) is 30.3 Å². The van der Waals surface area contributed by atoms with E-state index in [1.54, 1.807) is 0 Å². The summed E-state index contributed by atoms with van der Waals surface area (Å²) in [5.41, 5.74) is 1.10. The van der Waals surface area contributed by atoms with Gasteiger partial charge in [0.15, 0.2) is 0 Å². The Morgan fingerprint density at radius 2 is 2.22 bits per heavy atom. The van der Waals surface area contributed by atoms with Crippen molar-refractivity contribution >= 4 is 5.91 Å². The number of hydrogen-bond donors (Lipinski definition) is 2. The maximum Gasteiger partial charge on any atom is 0.249 e. The fourth-order valence-corrected chi connectivity index (χ4v) is 2.14. The molecular weight excluding hydrogens is 230 g/mol. The molecule has 0 unspecified atom stereocenters. The average molecular weight is 249 g/mol. The molecule has 2 N–H and O–H groups in total. The molecule has 0 saturated carbocycles. The van der Waals surface area contributed by atoms with Crippen molar-refractivity contribution in [1.29, 1.82) is 0 Å². The van der Waals surface area contributed by atoms with Gasteiger partial charge in [-0.1, -0.05) is 30.3 Å². The Morgan fingerprint density at radius 1 is 1.44 bits per heavy atom. The molecule has 0 radical (unpaired) electrons. The molecule has 18 heavy (non-hydrogen) atoms. The number of benzene rings is 1. The Labute approximate surface area is 107 Å². The first kappa shape index (κ1) is 13.1. The smallest absolute Gasteiger partial charge is 0.249 e. The average Bonchev–Trinajstić information content (AvgIpc) is 2.93. The second-order valence-electron chi connectivity index (χ2n) is 4.58. The lowest BCUT2D eigenvalue weighted by molar-refractivity contribution is -0.131. The monoisotopic (exact) mass is 249 g/mol. The number of aliphatic hydroxyl groups is 1. The normalized spacial score (nSPS) is 20.6. The lowest BCUT2D eigenvalue weighted by Crippen LogP contribution is -2.44. The summed E-state index contributed by atoms with van der Waals surface area (Å²) < 4.78 is 5.32. The van der Waals surface area contributed by atoms with Crippen LogP contribution in [0.4, 0.5) is 0 Å². The molecule has 1 aliphatic heterocycles. The van der Waals surface area contributed by atoms with Crippen LogP contribution in [-0.4, -0.2) is 36.4 Å². The highest BCUT2D eigenvalue weighted by atomic mass is 16.5. The number of hydrogen-bond acceptors (Lipinski definition) is 3. The molecule has 1 fully saturated rings. The van der Waals surface area contributed by atoms with E-state index in [0.717, 1.165) is 18.4 Å². The van der Waals surface area contributed by atoms with Crippen LogP contribution in [0.1, 0.15) is 18.4 Å². The molecule has 1 amide bonds. The summed E-state index contributed by atoms with van der Waals surface area (Å²) in [6.07, 6.45) is 2.00. The van der Waals surface area contributed by atoms with E-state index in [9.17, 15) is 9.90 Å². The second kappa shape index (κ2) is 6.52. The minimum atomic E-state index is -0.338. The predicted octanol–water partition coefficient (Wildman–Crippen LogP) is 0.885. The number of amides is 1. The summed E-state index contributed by atoms with van der Waals surface area (Å²) in [6.45, 7) is 0.591. The summed E-state index contributed by atoms with van der Waals surface area (Å²) in [4.78, 5) is 11.9. The van der Waals surface area contributed by atoms with Crippen LogP contribution in [0.15, 0.2) is 30.3 Å². The van der Waals surface area contributed by atoms with E-state index in [4.69, 9.17) is 4.74 Å². The highest BCUT2D eigenvalue weighted by Gasteiger charge is 2.25. The van der Waals surface area contributed by atoms with Crippen LogP contribution in [0.3, 0.4) is 0 Å². The molecule has 0 spiro atoms. The van der Waals surface area contributed by atoms with E-state index >= 15 is 0 Å². The third kappa shape index (κ3) is 3.55. The van der Waals surface area contributed by atoms with Crippen molar-refractivity contribution in [1.82, 2.24) is 5.32 Å². The standard InChI is InChI=1S/C14H19NO3/c16-10-12(9-11-5-2-1-3-6-11)15-14(17)13-7-4-8-18-13/h1-3,5-6,12-13,16H,4,7-10H2,(H,15,17)/t12-,13+/m0/s1. The molecule has 1 aliphatic rings. The van der Waals surface area contributed by atoms with Crippen LogP contribution in [0.5, 0.6) is 0 Å². The molecule has 1 aromatic rings. The molecule has 4 heteroatoms. The first-order chi connectivity index (χ1) is 8.79. The Morgan fingerprint density at radius 3 is 2.83 bits per heavy atom. The Hall–Kier alpha value is -1.39. The molecule has 2 atom stereocenters. The van der Waals surface area contributed by atoms with Crippen LogP contribution in [0.2, 0.25) is 0 Å². The van der Waals surface area contributed by atoms with Crippen molar-refractivity contribution in [2.24, 2.45) is 0 Å². The minimum absolute atomic E-state index is 0.0621. The van der Waals surface area contributed by atoms with Gasteiger partial charge in [-0.25, -0.2) is 0 Å². The second-order valence-corrected chi connectivity index (χ2v) is 4.58. The predicted molar refractivity (Wildman–Crippen MR) is 68.1 cm³/mol. The van der Waals surface area contributed by atoms with Gasteiger partial charge in [0.05, 0.1) is 12.6 Å². The van der Waals surface area contributed by atoms with Crippen molar-refractivity contribution in [2.75, 3.05) is 13.2 Å². The van der Waals surface area contributed by atoms with E-state index in [-0.39, 0.29) is 24.7 Å². The maximum absolute atomic E-state index is 11.9. The summed E-state index contributed by atoms with van der Waals surface area (Å²) in [5.74, 6) is -0.109. The van der Waals surface area contributed by atoms with Crippen molar-refractivity contribution < 1.29 is 14.6 Å². The van der Waals surface area contributed by atoms with Crippen molar-refractivity contribution in [3.8, 4) is 0 Å². The fraction of sp³-hybridized carbons (Fsp3) is 0.500. The van der Waals surface area contributed by atoms with Gasteiger partial charge in [-0.2, -0.15) is 0 Å². The number of rotatable bonds is 5. The first-order valence-corrected chi connectivity index (χ1v) is 6.36. The molecule has 1 saturated heterocycles. The summed E-state index contributed by atoms with van der Waals surface area (Å²) in [7, 11) is 0. The highest BCUT2D eigenvalue weighted by Crippen LogP contribution is 2.12. The van der Waals surface area contributed by atoms with E-state index in [2.05, 4.69) is 5.32 Å². The molecular formula is C14H19NO3. The Kier molecular flexibility index (Phi) is 4.73. The summed E-state index contributed by atoms with van der Waals surface area (Å²) in [5, 5.41) is 12.2. The summed E-state index contributed by atoms with van der Waals surface area (Å²) in [6, 6.07) is 9.57. The topological polar surface area (TPSA) is 58.6 Å². The fourth-order valence-electron chi connectivity index (χ4n) is 2.14. The van der Waals surface area contributed by atoms with Gasteiger partial charge in [0.1, 0.15) is 6.10 Å². The van der Waals surface area contributed by atoms with Crippen LogP contribution in [0, 0.1) is 0 Å². The van der Waals surface area contributed by atoms with Crippen LogP contribution >= 0.6 is 0 Å². The zero-order valence-electron chi connectivity index (χ0n) is 10.3. The molecule has 1 aromatic carbocycles. The molecule has 2 rings (SSSR count). The van der Waals surface area contributed by atoms with Gasteiger partial charge in [0, 0.05) is 6.61 Å². The molecule has 1 heterocycles. The third-order valence-electron chi connectivity index (χ3n) is 3.11. The number of carbonyl (C=O) groups is 1. The number of aliphatic hydroxyl groups excluding tert-OH is 1. The van der Waals surface area contributed by atoms with Crippen molar-refractivity contribution in [2.45, 2.75) is 31.4 Å². The van der Waals surface area contributed by atoms with Gasteiger partial charge < -0.3 is 15.2 Å². The van der Waals surface area contributed by atoms with Gasteiger partial charge in [-0.05, 0) is 24.8 Å². The van der Waals surface area contributed by atoms with Gasteiger partial charge in [-0.3, -0.25) is 4.79 Å². The highest BCUT2D eigenvalue weighted by molar-refractivity contribution is 5.81.